The number of aldehydes is 1. The molecule has 0 aliphatic carbocycles. The van der Waals surface area contributed by atoms with E-state index in [1.807, 2.05) is 0 Å². The monoisotopic (exact) mass is 248 g/mol. The Labute approximate surface area is 83.6 Å². The SMILES string of the molecule is COc1cc(Cl)cc(C=O)c1Br. The predicted octanol–water partition coefficient (Wildman–Crippen LogP) is 2.92. The van der Waals surface area contributed by atoms with E-state index in [0.717, 1.165) is 6.29 Å². The van der Waals surface area contributed by atoms with Crippen molar-refractivity contribution in [2.24, 2.45) is 0 Å². The highest BCUT2D eigenvalue weighted by Crippen LogP contribution is 2.30. The Kier molecular flexibility index (Phi) is 3.12. The minimum absolute atomic E-state index is 0.483. The second kappa shape index (κ2) is 3.92. The van der Waals surface area contributed by atoms with Crippen LogP contribution in [0.15, 0.2) is 16.6 Å². The van der Waals surface area contributed by atoms with Crippen LogP contribution in [0, 0.1) is 0 Å². The van der Waals surface area contributed by atoms with Crippen LogP contribution < -0.4 is 4.74 Å². The molecule has 0 aromatic heterocycles. The van der Waals surface area contributed by atoms with Crippen LogP contribution in [-0.2, 0) is 0 Å². The summed E-state index contributed by atoms with van der Waals surface area (Å²) >= 11 is 8.94. The fourth-order valence-electron chi connectivity index (χ4n) is 0.819. The molecular formula is C8H6BrClO2. The Bertz CT molecular complexity index is 312. The van der Waals surface area contributed by atoms with Crippen LogP contribution >= 0.6 is 27.5 Å². The normalized spacial score (nSPS) is 9.58. The molecule has 0 saturated carbocycles. The molecule has 1 aromatic carbocycles. The Hall–Kier alpha value is -0.540. The zero-order valence-electron chi connectivity index (χ0n) is 6.30. The van der Waals surface area contributed by atoms with Gasteiger partial charge in [-0.2, -0.15) is 0 Å². The number of hydrogen-bond acceptors (Lipinski definition) is 2. The maximum atomic E-state index is 10.5. The van der Waals surface area contributed by atoms with Gasteiger partial charge in [-0.1, -0.05) is 11.6 Å². The molecule has 1 rings (SSSR count). The largest absolute Gasteiger partial charge is 0.495 e. The van der Waals surface area contributed by atoms with Gasteiger partial charge in [-0.25, -0.2) is 0 Å². The van der Waals surface area contributed by atoms with Crippen molar-refractivity contribution in [2.45, 2.75) is 0 Å². The van der Waals surface area contributed by atoms with Gasteiger partial charge in [0, 0.05) is 10.6 Å². The second-order valence-corrected chi connectivity index (χ2v) is 3.36. The van der Waals surface area contributed by atoms with Crippen LogP contribution in [0.4, 0.5) is 0 Å². The number of carbonyl (C=O) groups excluding carboxylic acids is 1. The van der Waals surface area contributed by atoms with Crippen molar-refractivity contribution < 1.29 is 9.53 Å². The molecule has 0 aliphatic heterocycles. The van der Waals surface area contributed by atoms with Gasteiger partial charge in [0.2, 0.25) is 0 Å². The van der Waals surface area contributed by atoms with E-state index in [1.165, 1.54) is 7.11 Å². The van der Waals surface area contributed by atoms with Crippen LogP contribution in [0.5, 0.6) is 5.75 Å². The standard InChI is InChI=1S/C8H6BrClO2/c1-12-7-3-6(10)2-5(4-11)8(7)9/h2-4H,1H3. The van der Waals surface area contributed by atoms with Gasteiger partial charge in [-0.3, -0.25) is 4.79 Å². The number of benzene rings is 1. The van der Waals surface area contributed by atoms with Crippen molar-refractivity contribution >= 4 is 33.8 Å². The van der Waals surface area contributed by atoms with Gasteiger partial charge >= 0.3 is 0 Å². The molecule has 0 amide bonds. The first-order valence-corrected chi connectivity index (χ1v) is 4.34. The quantitative estimate of drug-likeness (QED) is 0.753. The minimum Gasteiger partial charge on any atom is -0.495 e. The smallest absolute Gasteiger partial charge is 0.151 e. The van der Waals surface area contributed by atoms with Gasteiger partial charge in [0.05, 0.1) is 11.6 Å². The average molecular weight is 249 g/mol. The fourth-order valence-corrected chi connectivity index (χ4v) is 1.52. The molecule has 0 radical (unpaired) electrons. The van der Waals surface area contributed by atoms with E-state index < -0.39 is 0 Å². The Morgan fingerprint density at radius 1 is 1.58 bits per heavy atom. The predicted molar refractivity (Wildman–Crippen MR) is 51.1 cm³/mol. The highest BCUT2D eigenvalue weighted by Gasteiger charge is 2.06. The highest BCUT2D eigenvalue weighted by atomic mass is 79.9. The molecule has 4 heteroatoms. The van der Waals surface area contributed by atoms with Crippen LogP contribution in [0.1, 0.15) is 10.4 Å². The van der Waals surface area contributed by atoms with Gasteiger partial charge in [-0.05, 0) is 28.1 Å². The van der Waals surface area contributed by atoms with Crippen LogP contribution in [0.25, 0.3) is 0 Å². The van der Waals surface area contributed by atoms with Gasteiger partial charge in [0.15, 0.2) is 6.29 Å². The highest BCUT2D eigenvalue weighted by molar-refractivity contribution is 9.10. The van der Waals surface area contributed by atoms with E-state index in [1.54, 1.807) is 12.1 Å². The molecule has 0 fully saturated rings. The topological polar surface area (TPSA) is 26.3 Å². The first-order valence-electron chi connectivity index (χ1n) is 3.17. The summed E-state index contributed by atoms with van der Waals surface area (Å²) in [6.45, 7) is 0. The van der Waals surface area contributed by atoms with E-state index >= 15 is 0 Å². The third kappa shape index (κ3) is 1.79. The van der Waals surface area contributed by atoms with Crippen molar-refractivity contribution in [3.63, 3.8) is 0 Å². The first kappa shape index (κ1) is 9.55. The lowest BCUT2D eigenvalue weighted by atomic mass is 10.2. The Morgan fingerprint density at radius 2 is 2.25 bits per heavy atom. The van der Waals surface area contributed by atoms with Crippen molar-refractivity contribution in [3.05, 3.63) is 27.2 Å². The molecule has 0 N–H and O–H groups in total. The summed E-state index contributed by atoms with van der Waals surface area (Å²) in [6.07, 6.45) is 0.721. The third-order valence-electron chi connectivity index (χ3n) is 1.38. The molecule has 2 nitrogen and oxygen atoms in total. The zero-order chi connectivity index (χ0) is 9.14. The lowest BCUT2D eigenvalue weighted by Gasteiger charge is -2.05. The van der Waals surface area contributed by atoms with Gasteiger partial charge in [0.25, 0.3) is 0 Å². The summed E-state index contributed by atoms with van der Waals surface area (Å²) in [5, 5.41) is 0.483. The maximum Gasteiger partial charge on any atom is 0.151 e. The number of carbonyl (C=O) groups is 1. The summed E-state index contributed by atoms with van der Waals surface area (Å²) in [4.78, 5) is 10.5. The number of ether oxygens (including phenoxy) is 1. The van der Waals surface area contributed by atoms with Crippen molar-refractivity contribution in [3.8, 4) is 5.75 Å². The summed E-state index contributed by atoms with van der Waals surface area (Å²) < 4.78 is 5.61. The molecule has 0 saturated heterocycles. The molecule has 0 bridgehead atoms. The summed E-state index contributed by atoms with van der Waals surface area (Å²) in [7, 11) is 1.52. The maximum absolute atomic E-state index is 10.5. The van der Waals surface area contributed by atoms with E-state index in [2.05, 4.69) is 15.9 Å². The zero-order valence-corrected chi connectivity index (χ0v) is 8.65. The number of rotatable bonds is 2. The Morgan fingerprint density at radius 3 is 2.75 bits per heavy atom. The number of hydrogen-bond donors (Lipinski definition) is 0. The van der Waals surface area contributed by atoms with Crippen molar-refractivity contribution in [2.75, 3.05) is 7.11 Å². The number of methoxy groups -OCH3 is 1. The van der Waals surface area contributed by atoms with Gasteiger partial charge in [0.1, 0.15) is 5.75 Å². The molecule has 0 aliphatic rings. The van der Waals surface area contributed by atoms with Crippen LogP contribution in [0.3, 0.4) is 0 Å². The molecule has 0 unspecified atom stereocenters. The molecule has 12 heavy (non-hydrogen) atoms. The lowest BCUT2D eigenvalue weighted by Crippen LogP contribution is -1.89. The molecule has 64 valence electrons. The molecular weight excluding hydrogens is 243 g/mol. The lowest BCUT2D eigenvalue weighted by molar-refractivity contribution is 0.112. The summed E-state index contributed by atoms with van der Waals surface area (Å²) in [5.41, 5.74) is 0.486. The van der Waals surface area contributed by atoms with E-state index in [-0.39, 0.29) is 0 Å². The van der Waals surface area contributed by atoms with Crippen LogP contribution in [0.2, 0.25) is 5.02 Å². The third-order valence-corrected chi connectivity index (χ3v) is 2.45. The van der Waals surface area contributed by atoms with E-state index in [9.17, 15) is 4.79 Å². The molecule has 0 heterocycles. The summed E-state index contributed by atoms with van der Waals surface area (Å²) in [6, 6.07) is 3.21. The summed E-state index contributed by atoms with van der Waals surface area (Å²) in [5.74, 6) is 0.560. The van der Waals surface area contributed by atoms with Crippen LogP contribution in [-0.4, -0.2) is 13.4 Å². The Balaban J connectivity index is 3.31. The molecule has 0 spiro atoms. The minimum atomic E-state index is 0.483. The van der Waals surface area contributed by atoms with Gasteiger partial charge in [-0.15, -0.1) is 0 Å². The van der Waals surface area contributed by atoms with Crippen molar-refractivity contribution in [1.82, 2.24) is 0 Å². The molecule has 1 aromatic rings. The number of halogens is 2. The second-order valence-electron chi connectivity index (χ2n) is 2.13. The van der Waals surface area contributed by atoms with Gasteiger partial charge < -0.3 is 4.74 Å². The van der Waals surface area contributed by atoms with E-state index in [4.69, 9.17) is 16.3 Å². The average Bonchev–Trinajstić information content (AvgIpc) is 2.08. The molecule has 0 atom stereocenters. The van der Waals surface area contributed by atoms with Crippen molar-refractivity contribution in [1.29, 1.82) is 0 Å². The first-order chi connectivity index (χ1) is 5.69. The van der Waals surface area contributed by atoms with E-state index in [0.29, 0.717) is 20.8 Å². The fraction of sp³-hybridized carbons (Fsp3) is 0.125.